The van der Waals surface area contributed by atoms with Crippen molar-refractivity contribution in [2.45, 2.75) is 203 Å². The number of nitrogens with zero attached hydrogens (tertiary/aromatic N) is 2. The molecule has 1 aliphatic rings. The molecule has 1 aromatic rings. The summed E-state index contributed by atoms with van der Waals surface area (Å²) in [5, 5.41) is 3.67. The van der Waals surface area contributed by atoms with Crippen molar-refractivity contribution in [3.63, 3.8) is 0 Å². The number of unbranched alkanes of at least 4 members (excludes halogenated alkanes) is 3. The second kappa shape index (κ2) is 26.8. The summed E-state index contributed by atoms with van der Waals surface area (Å²) in [6.07, 6.45) is 15.9. The van der Waals surface area contributed by atoms with Gasteiger partial charge in [-0.15, -0.1) is 11.3 Å². The van der Waals surface area contributed by atoms with Crippen LogP contribution in [0.3, 0.4) is 0 Å². The first-order valence-corrected chi connectivity index (χ1v) is 39.7. The SMILES string of the molecule is CCC[CH2][Sn](/[CH]=C/CNC(=O)/C=C/[C@@H](C)[C@H](OC(=O)[C@H]1CCCN1C(=O)c1nc(CC(=O)C[C@@H](/C=C(\C)Br)O[Si](C)(C)C(C)(C)C)sc1[Si](C)(C)C)C(C)C)([CH2]CCC)[CH2]CCC. The van der Waals surface area contributed by atoms with Gasteiger partial charge in [0.05, 0.1) is 20.6 Å². The number of rotatable bonds is 27. The minimum atomic E-state index is -2.42. The molecule has 1 aromatic heterocycles. The summed E-state index contributed by atoms with van der Waals surface area (Å²) < 4.78 is 21.5. The van der Waals surface area contributed by atoms with Gasteiger partial charge in [-0.25, -0.2) is 4.98 Å². The molecule has 2 rings (SSSR count). The van der Waals surface area contributed by atoms with Gasteiger partial charge < -0.3 is 9.33 Å². The zero-order valence-electron chi connectivity index (χ0n) is 42.0. The van der Waals surface area contributed by atoms with Crippen molar-refractivity contribution >= 4 is 90.1 Å². The molecule has 63 heavy (non-hydrogen) atoms. The van der Waals surface area contributed by atoms with Crippen LogP contribution in [0, 0.1) is 11.8 Å². The second-order valence-corrected chi connectivity index (χ2v) is 46.4. The van der Waals surface area contributed by atoms with Gasteiger partial charge in [0.25, 0.3) is 5.91 Å². The van der Waals surface area contributed by atoms with Crippen LogP contribution < -0.4 is 9.82 Å². The number of amides is 2. The van der Waals surface area contributed by atoms with E-state index in [1.165, 1.54) is 63.2 Å². The summed E-state index contributed by atoms with van der Waals surface area (Å²) in [5.74, 6) is -1.09. The van der Waals surface area contributed by atoms with E-state index in [1.807, 2.05) is 39.8 Å². The fourth-order valence-corrected chi connectivity index (χ4v) is 27.3. The van der Waals surface area contributed by atoms with E-state index in [0.717, 1.165) is 8.98 Å². The third-order valence-electron chi connectivity index (χ3n) is 12.7. The number of allylic oxidation sites excluding steroid dienone is 1. The summed E-state index contributed by atoms with van der Waals surface area (Å²) in [5.41, 5.74) is 0.363. The average Bonchev–Trinajstić information content (AvgIpc) is 3.85. The Bertz CT molecular complexity index is 1710. The van der Waals surface area contributed by atoms with Gasteiger partial charge in [0.2, 0.25) is 0 Å². The van der Waals surface area contributed by atoms with Crippen molar-refractivity contribution in [2.24, 2.45) is 11.8 Å². The first kappa shape index (κ1) is 57.7. The molecule has 358 valence electrons. The number of likely N-dealkylation sites (tertiary alicyclic amines) is 1. The summed E-state index contributed by atoms with van der Waals surface area (Å²) in [4.78, 5) is 61.5. The predicted octanol–water partition coefficient (Wildman–Crippen LogP) is 12.3. The van der Waals surface area contributed by atoms with Gasteiger partial charge >= 0.3 is 196 Å². The number of ketones is 1. The van der Waals surface area contributed by atoms with E-state index >= 15 is 0 Å². The van der Waals surface area contributed by atoms with Crippen molar-refractivity contribution in [3.05, 3.63) is 43.6 Å². The second-order valence-electron chi connectivity index (χ2n) is 21.0. The summed E-state index contributed by atoms with van der Waals surface area (Å²) >= 11 is 2.59. The van der Waals surface area contributed by atoms with E-state index in [0.29, 0.717) is 36.6 Å². The molecule has 0 radical (unpaired) electrons. The topological polar surface area (TPSA) is 115 Å². The van der Waals surface area contributed by atoms with Gasteiger partial charge in [-0.05, 0) is 48.5 Å². The molecule has 1 aliphatic heterocycles. The molecule has 2 amide bonds. The average molecular weight is 1100 g/mol. The van der Waals surface area contributed by atoms with Crippen molar-refractivity contribution in [1.82, 2.24) is 15.2 Å². The van der Waals surface area contributed by atoms with Crippen LogP contribution in [0.5, 0.6) is 0 Å². The number of Topliss-reactive ketones (excluding diaryl/α,β-unsaturated/α-hetero) is 1. The van der Waals surface area contributed by atoms with Gasteiger partial charge in [-0.2, -0.15) is 0 Å². The Hall–Kier alpha value is -1.40. The molecule has 0 bridgehead atoms. The van der Waals surface area contributed by atoms with Gasteiger partial charge in [0.15, 0.2) is 8.32 Å². The van der Waals surface area contributed by atoms with Crippen LogP contribution in [-0.2, 0) is 30.0 Å². The fraction of sp³-hybridized carbons (Fsp3) is 0.735. The number of nitrogens with one attached hydrogen (secondary N) is 1. The summed E-state index contributed by atoms with van der Waals surface area (Å²) in [6, 6.07) is -0.733. The van der Waals surface area contributed by atoms with Crippen LogP contribution in [-0.4, -0.2) is 99.6 Å². The molecule has 1 saturated heterocycles. The van der Waals surface area contributed by atoms with E-state index in [1.54, 1.807) is 11.0 Å². The first-order valence-electron chi connectivity index (χ1n) is 24.0. The van der Waals surface area contributed by atoms with Crippen molar-refractivity contribution in [3.8, 4) is 0 Å². The van der Waals surface area contributed by atoms with Crippen LogP contribution in [0.25, 0.3) is 0 Å². The number of thiazole rings is 1. The quantitative estimate of drug-likeness (QED) is 0.0530. The Morgan fingerprint density at radius 2 is 1.57 bits per heavy atom. The maximum atomic E-state index is 14.4. The number of esters is 1. The third kappa shape index (κ3) is 19.0. The van der Waals surface area contributed by atoms with Gasteiger partial charge in [0, 0.05) is 17.5 Å². The molecule has 0 unspecified atom stereocenters. The van der Waals surface area contributed by atoms with Crippen LogP contribution in [0.2, 0.25) is 51.1 Å². The molecular weight excluding hydrogens is 1010 g/mol. The van der Waals surface area contributed by atoms with Crippen molar-refractivity contribution in [1.29, 1.82) is 0 Å². The molecule has 0 aromatic carbocycles. The normalized spacial score (nSPS) is 17.2. The zero-order valence-corrected chi connectivity index (χ0v) is 49.3. The van der Waals surface area contributed by atoms with Crippen LogP contribution >= 0.6 is 27.3 Å². The van der Waals surface area contributed by atoms with Crippen LogP contribution in [0.15, 0.2) is 32.9 Å². The Balaban J connectivity index is 2.19. The van der Waals surface area contributed by atoms with E-state index in [2.05, 4.69) is 106 Å². The maximum absolute atomic E-state index is 14.4. The Morgan fingerprint density at radius 1 is 0.984 bits per heavy atom. The fourth-order valence-electron chi connectivity index (χ4n) is 8.05. The van der Waals surface area contributed by atoms with E-state index in [-0.39, 0.29) is 53.4 Å². The molecule has 0 aliphatic carbocycles. The molecule has 2 heterocycles. The standard InChI is InChI=1S/C37H59BrN3O6SSi2.3C4H9.Sn/c1-14-19-39-30(43)18-17-25(4)33(24(2)3)46-35(45)29-16-15-20-41(29)34(44)32-36(49(9,10)11)48-31(40-32)23-27(42)22-28(21-26(5)38)47-50(12,13)37(6,7)8;3*1-3-4-2;/h1,14,17-18,21,24-25,28-29,33H,15-16,19-20,22-23H2,2-13H3,(H,39,43);3*1,3-4H2,2H3;/b14-1?,18-17+,26-21+;;;;/t25-,28-,29-,33-;;;;/m1..../s1. The number of halogens is 1. The molecule has 1 fully saturated rings. The molecule has 14 heteroatoms. The first-order chi connectivity index (χ1) is 29.3. The Kier molecular flexibility index (Phi) is 24.6. The monoisotopic (exact) mass is 1100 g/mol. The number of carbonyl (C=O) groups excluding carboxylic acids is 4. The van der Waals surface area contributed by atoms with Crippen molar-refractivity contribution in [2.75, 3.05) is 13.1 Å². The van der Waals surface area contributed by atoms with E-state index in [4.69, 9.17) is 14.1 Å². The van der Waals surface area contributed by atoms with E-state index < -0.39 is 52.9 Å². The summed E-state index contributed by atoms with van der Waals surface area (Å²) in [6.45, 7) is 33.2. The number of carbonyl (C=O) groups is 4. The molecular formula is C49H86BrN3O6SSi2Sn. The number of hydrogen-bond donors (Lipinski definition) is 1. The summed E-state index contributed by atoms with van der Waals surface area (Å²) in [7, 11) is -4.24. The number of hydrogen-bond acceptors (Lipinski definition) is 8. The Labute approximate surface area is 402 Å². The van der Waals surface area contributed by atoms with Crippen molar-refractivity contribution < 1.29 is 28.3 Å². The predicted molar refractivity (Wildman–Crippen MR) is 277 cm³/mol. The van der Waals surface area contributed by atoms with Gasteiger partial charge in [-0.3, -0.25) is 9.59 Å². The Morgan fingerprint density at radius 3 is 2.08 bits per heavy atom. The number of aromatic nitrogens is 1. The third-order valence-corrected chi connectivity index (χ3v) is 36.3. The zero-order chi connectivity index (χ0) is 47.8. The minimum absolute atomic E-state index is 0.00478. The van der Waals surface area contributed by atoms with Crippen LogP contribution in [0.1, 0.15) is 143 Å². The molecule has 1 N–H and O–H groups in total. The molecule has 0 saturated carbocycles. The molecule has 4 atom stereocenters. The van der Waals surface area contributed by atoms with E-state index in [9.17, 15) is 19.2 Å². The van der Waals surface area contributed by atoms with Crippen LogP contribution in [0.4, 0.5) is 0 Å². The molecule has 9 nitrogen and oxygen atoms in total. The van der Waals surface area contributed by atoms with Gasteiger partial charge in [0.1, 0.15) is 16.5 Å². The molecule has 0 spiro atoms. The van der Waals surface area contributed by atoms with Gasteiger partial charge in [-0.1, -0.05) is 56.3 Å². The number of ether oxygens (including phenoxy) is 1.